The maximum Gasteiger partial charge on any atom is 0.322 e. The van der Waals surface area contributed by atoms with Crippen LogP contribution in [0, 0.1) is 6.92 Å². The monoisotopic (exact) mass is 326 g/mol. The van der Waals surface area contributed by atoms with Crippen molar-refractivity contribution in [3.05, 3.63) is 76.4 Å². The minimum Gasteiger partial charge on any atom is -0.467 e. The summed E-state index contributed by atoms with van der Waals surface area (Å²) in [7, 11) is 0. The van der Waals surface area contributed by atoms with Gasteiger partial charge in [-0.05, 0) is 53.6 Å². The van der Waals surface area contributed by atoms with Gasteiger partial charge in [-0.3, -0.25) is 0 Å². The van der Waals surface area contributed by atoms with E-state index in [0.717, 1.165) is 22.6 Å². The van der Waals surface area contributed by atoms with Crippen LogP contribution in [0.4, 0.5) is 10.5 Å². The normalized spacial score (nSPS) is 10.5. The number of anilines is 1. The van der Waals surface area contributed by atoms with Crippen LogP contribution in [-0.2, 0) is 13.1 Å². The van der Waals surface area contributed by atoms with Crippen LogP contribution in [0.3, 0.4) is 0 Å². The summed E-state index contributed by atoms with van der Waals surface area (Å²) in [5.74, 6) is 0.763. The van der Waals surface area contributed by atoms with Crippen molar-refractivity contribution in [1.82, 2.24) is 4.90 Å². The van der Waals surface area contributed by atoms with Gasteiger partial charge in [0, 0.05) is 12.2 Å². The minimum atomic E-state index is -0.142. The quantitative estimate of drug-likeness (QED) is 0.726. The van der Waals surface area contributed by atoms with Crippen LogP contribution in [0.2, 0.25) is 0 Å². The van der Waals surface area contributed by atoms with Crippen molar-refractivity contribution in [3.8, 4) is 0 Å². The van der Waals surface area contributed by atoms with Crippen LogP contribution in [0.1, 0.15) is 16.9 Å². The molecule has 0 unspecified atom stereocenters. The molecule has 0 atom stereocenters. The van der Waals surface area contributed by atoms with E-state index < -0.39 is 0 Å². The molecule has 3 aromatic rings. The topological polar surface area (TPSA) is 45.5 Å². The number of rotatable bonds is 5. The zero-order valence-corrected chi connectivity index (χ0v) is 13.7. The van der Waals surface area contributed by atoms with E-state index in [0.29, 0.717) is 13.1 Å². The predicted molar refractivity (Wildman–Crippen MR) is 92.5 cm³/mol. The number of furan rings is 1. The summed E-state index contributed by atoms with van der Waals surface area (Å²) in [6.45, 7) is 2.99. The number of hydrogen-bond donors (Lipinski definition) is 1. The standard InChI is InChI=1S/C18H18N2O2S/c1-14-4-6-16(7-5-14)19-18(21)20(11-15-8-10-23-13-15)12-17-3-2-9-22-17/h2-10,13H,11-12H2,1H3,(H,19,21). The molecule has 0 aliphatic rings. The Balaban J connectivity index is 1.73. The molecule has 4 nitrogen and oxygen atoms in total. The largest absolute Gasteiger partial charge is 0.467 e. The van der Waals surface area contributed by atoms with Crippen LogP contribution in [0.5, 0.6) is 0 Å². The lowest BCUT2D eigenvalue weighted by Crippen LogP contribution is -2.33. The first-order chi connectivity index (χ1) is 11.2. The average Bonchev–Trinajstić information content (AvgIpc) is 3.22. The fraction of sp³-hybridized carbons (Fsp3) is 0.167. The molecule has 0 saturated carbocycles. The predicted octanol–water partition coefficient (Wildman–Crippen LogP) is 4.88. The maximum atomic E-state index is 12.6. The van der Waals surface area contributed by atoms with E-state index in [-0.39, 0.29) is 6.03 Å². The van der Waals surface area contributed by atoms with E-state index >= 15 is 0 Å². The van der Waals surface area contributed by atoms with E-state index in [9.17, 15) is 4.79 Å². The highest BCUT2D eigenvalue weighted by atomic mass is 32.1. The van der Waals surface area contributed by atoms with Crippen molar-refractivity contribution >= 4 is 23.1 Å². The Labute approximate surface area is 139 Å². The second-order valence-electron chi connectivity index (χ2n) is 5.36. The SMILES string of the molecule is Cc1ccc(NC(=O)N(Cc2ccsc2)Cc2ccco2)cc1. The molecular formula is C18H18N2O2S. The summed E-state index contributed by atoms with van der Waals surface area (Å²) in [6, 6.07) is 13.4. The summed E-state index contributed by atoms with van der Waals surface area (Å²) in [5, 5.41) is 7.00. The van der Waals surface area contributed by atoms with Crippen molar-refractivity contribution < 1.29 is 9.21 Å². The Kier molecular flexibility index (Phi) is 4.78. The van der Waals surface area contributed by atoms with Crippen molar-refractivity contribution in [3.63, 3.8) is 0 Å². The van der Waals surface area contributed by atoms with E-state index in [2.05, 4.69) is 5.32 Å². The summed E-state index contributed by atoms with van der Waals surface area (Å²) < 4.78 is 5.38. The molecule has 0 radical (unpaired) electrons. The summed E-state index contributed by atoms with van der Waals surface area (Å²) >= 11 is 1.63. The van der Waals surface area contributed by atoms with Crippen LogP contribution >= 0.6 is 11.3 Å². The summed E-state index contributed by atoms with van der Waals surface area (Å²) in [4.78, 5) is 14.4. The number of thiophene rings is 1. The lowest BCUT2D eigenvalue weighted by Gasteiger charge is -2.22. The highest BCUT2D eigenvalue weighted by Gasteiger charge is 2.16. The molecule has 0 bridgehead atoms. The maximum absolute atomic E-state index is 12.6. The molecule has 1 N–H and O–H groups in total. The number of nitrogens with one attached hydrogen (secondary N) is 1. The fourth-order valence-electron chi connectivity index (χ4n) is 2.23. The molecule has 23 heavy (non-hydrogen) atoms. The molecule has 0 aliphatic heterocycles. The molecule has 5 heteroatoms. The van der Waals surface area contributed by atoms with E-state index in [4.69, 9.17) is 4.42 Å². The summed E-state index contributed by atoms with van der Waals surface area (Å²) in [6.07, 6.45) is 1.62. The Morgan fingerprint density at radius 3 is 2.65 bits per heavy atom. The van der Waals surface area contributed by atoms with E-state index in [1.807, 2.05) is 60.1 Å². The lowest BCUT2D eigenvalue weighted by molar-refractivity contribution is 0.201. The zero-order chi connectivity index (χ0) is 16.1. The number of benzene rings is 1. The molecule has 0 spiro atoms. The first-order valence-corrected chi connectivity index (χ1v) is 8.31. The third-order valence-corrected chi connectivity index (χ3v) is 4.20. The molecule has 118 valence electrons. The molecule has 2 heterocycles. The Morgan fingerprint density at radius 1 is 1.17 bits per heavy atom. The molecule has 1 aromatic carbocycles. The van der Waals surface area contributed by atoms with Crippen molar-refractivity contribution in [2.45, 2.75) is 20.0 Å². The number of urea groups is 1. The van der Waals surface area contributed by atoms with Gasteiger partial charge >= 0.3 is 6.03 Å². The molecule has 2 amide bonds. The van der Waals surface area contributed by atoms with Crippen LogP contribution in [0.15, 0.2) is 63.9 Å². The number of amides is 2. The van der Waals surface area contributed by atoms with Gasteiger partial charge in [-0.25, -0.2) is 4.79 Å². The number of aryl methyl sites for hydroxylation is 1. The Hall–Kier alpha value is -2.53. The van der Waals surface area contributed by atoms with Gasteiger partial charge in [0.25, 0.3) is 0 Å². The Morgan fingerprint density at radius 2 is 2.00 bits per heavy atom. The van der Waals surface area contributed by atoms with Crippen molar-refractivity contribution in [2.75, 3.05) is 5.32 Å². The van der Waals surface area contributed by atoms with Gasteiger partial charge in [-0.1, -0.05) is 17.7 Å². The van der Waals surface area contributed by atoms with Gasteiger partial charge in [-0.15, -0.1) is 0 Å². The van der Waals surface area contributed by atoms with Gasteiger partial charge in [0.05, 0.1) is 12.8 Å². The number of carbonyl (C=O) groups excluding carboxylic acids is 1. The molecule has 3 rings (SSSR count). The number of carbonyl (C=O) groups is 1. The minimum absolute atomic E-state index is 0.142. The van der Waals surface area contributed by atoms with Crippen molar-refractivity contribution in [1.29, 1.82) is 0 Å². The fourth-order valence-corrected chi connectivity index (χ4v) is 2.89. The summed E-state index contributed by atoms with van der Waals surface area (Å²) in [5.41, 5.74) is 3.06. The molecule has 0 saturated heterocycles. The molecule has 0 fully saturated rings. The van der Waals surface area contributed by atoms with Gasteiger partial charge in [0.15, 0.2) is 0 Å². The van der Waals surface area contributed by atoms with Gasteiger partial charge in [-0.2, -0.15) is 11.3 Å². The number of hydrogen-bond acceptors (Lipinski definition) is 3. The zero-order valence-electron chi connectivity index (χ0n) is 12.9. The van der Waals surface area contributed by atoms with Gasteiger partial charge in [0.1, 0.15) is 5.76 Å². The third kappa shape index (κ3) is 4.23. The van der Waals surface area contributed by atoms with Crippen molar-refractivity contribution in [2.24, 2.45) is 0 Å². The number of nitrogens with zero attached hydrogens (tertiary/aromatic N) is 1. The van der Waals surface area contributed by atoms with Gasteiger partial charge in [0.2, 0.25) is 0 Å². The first kappa shape index (κ1) is 15.4. The Bertz CT molecular complexity index is 698. The highest BCUT2D eigenvalue weighted by molar-refractivity contribution is 7.07. The molecular weight excluding hydrogens is 308 g/mol. The van der Waals surface area contributed by atoms with Crippen LogP contribution in [0.25, 0.3) is 0 Å². The first-order valence-electron chi connectivity index (χ1n) is 7.37. The third-order valence-electron chi connectivity index (χ3n) is 3.47. The molecule has 2 aromatic heterocycles. The molecule has 0 aliphatic carbocycles. The second kappa shape index (κ2) is 7.15. The second-order valence-corrected chi connectivity index (χ2v) is 6.14. The van der Waals surface area contributed by atoms with Crippen LogP contribution < -0.4 is 5.32 Å². The smallest absolute Gasteiger partial charge is 0.322 e. The van der Waals surface area contributed by atoms with Gasteiger partial charge < -0.3 is 14.6 Å². The lowest BCUT2D eigenvalue weighted by atomic mass is 10.2. The van der Waals surface area contributed by atoms with E-state index in [1.54, 1.807) is 22.5 Å². The highest BCUT2D eigenvalue weighted by Crippen LogP contribution is 2.16. The van der Waals surface area contributed by atoms with Crippen LogP contribution in [-0.4, -0.2) is 10.9 Å². The average molecular weight is 326 g/mol. The van der Waals surface area contributed by atoms with E-state index in [1.165, 1.54) is 0 Å².